The summed E-state index contributed by atoms with van der Waals surface area (Å²) in [4.78, 5) is 11.5. The molecule has 0 radical (unpaired) electrons. The van der Waals surface area contributed by atoms with E-state index in [1.807, 2.05) is 45.0 Å². The van der Waals surface area contributed by atoms with E-state index in [9.17, 15) is 9.90 Å². The minimum atomic E-state index is -0.830. The van der Waals surface area contributed by atoms with Crippen LogP contribution in [0.4, 0.5) is 0 Å². The Morgan fingerprint density at radius 3 is 2.37 bits per heavy atom. The Hall–Kier alpha value is -2.10. The molecule has 1 aromatic heterocycles. The number of nitrogens with zero attached hydrogens (tertiary/aromatic N) is 1. The number of hydrogen-bond acceptors (Lipinski definition) is 3. The molecule has 1 unspecified atom stereocenters. The lowest BCUT2D eigenvalue weighted by Gasteiger charge is -2.12. The normalized spacial score (nSPS) is 12.4. The molecule has 1 N–H and O–H groups in total. The molecule has 100 valence electrons. The van der Waals surface area contributed by atoms with Crippen molar-refractivity contribution in [3.05, 3.63) is 52.4 Å². The Morgan fingerprint density at radius 1 is 1.26 bits per heavy atom. The second-order valence-electron chi connectivity index (χ2n) is 4.81. The molecule has 0 spiro atoms. The van der Waals surface area contributed by atoms with Crippen LogP contribution >= 0.6 is 0 Å². The van der Waals surface area contributed by atoms with Crippen LogP contribution in [0.25, 0.3) is 0 Å². The highest BCUT2D eigenvalue weighted by Crippen LogP contribution is 2.25. The summed E-state index contributed by atoms with van der Waals surface area (Å²) in [6.07, 6.45) is 0.402. The second kappa shape index (κ2) is 5.26. The molecular weight excluding hydrogens is 242 g/mol. The van der Waals surface area contributed by atoms with Crippen molar-refractivity contribution < 1.29 is 14.4 Å². The molecule has 0 amide bonds. The van der Waals surface area contributed by atoms with Gasteiger partial charge in [-0.3, -0.25) is 4.79 Å². The monoisotopic (exact) mass is 259 g/mol. The topological polar surface area (TPSA) is 63.3 Å². The summed E-state index contributed by atoms with van der Waals surface area (Å²) in [5.41, 5.74) is 3.56. The molecule has 0 aliphatic heterocycles. The predicted octanol–water partition coefficient (Wildman–Crippen LogP) is 3.01. The molecule has 19 heavy (non-hydrogen) atoms. The van der Waals surface area contributed by atoms with Gasteiger partial charge in [0.25, 0.3) is 0 Å². The number of hydrogen-bond donors (Lipinski definition) is 1. The first-order valence-corrected chi connectivity index (χ1v) is 6.20. The third-order valence-electron chi connectivity index (χ3n) is 3.37. The Morgan fingerprint density at radius 2 is 1.89 bits per heavy atom. The molecule has 0 aliphatic carbocycles. The number of carboxylic acid groups (broad SMARTS) is 1. The summed E-state index contributed by atoms with van der Waals surface area (Å²) in [6.45, 7) is 5.62. The van der Waals surface area contributed by atoms with Gasteiger partial charge in [-0.1, -0.05) is 35.0 Å². The zero-order valence-corrected chi connectivity index (χ0v) is 11.3. The summed E-state index contributed by atoms with van der Waals surface area (Å²) < 4.78 is 5.09. The van der Waals surface area contributed by atoms with Crippen LogP contribution in [0.5, 0.6) is 0 Å². The van der Waals surface area contributed by atoms with E-state index in [0.717, 1.165) is 22.4 Å². The van der Waals surface area contributed by atoms with Crippen molar-refractivity contribution in [2.24, 2.45) is 0 Å². The number of rotatable bonds is 4. The fourth-order valence-corrected chi connectivity index (χ4v) is 2.14. The molecular formula is C15H17NO3. The number of carbonyl (C=O) groups is 1. The Kier molecular flexibility index (Phi) is 3.69. The van der Waals surface area contributed by atoms with E-state index in [2.05, 4.69) is 5.16 Å². The van der Waals surface area contributed by atoms with Gasteiger partial charge >= 0.3 is 5.97 Å². The van der Waals surface area contributed by atoms with Crippen LogP contribution in [-0.4, -0.2) is 16.2 Å². The quantitative estimate of drug-likeness (QED) is 0.916. The number of aryl methyl sites for hydroxylation is 3. The maximum absolute atomic E-state index is 11.5. The molecule has 0 saturated carbocycles. The molecule has 2 aromatic rings. The number of carboxylic acids is 1. The Balaban J connectivity index is 2.32. The smallest absolute Gasteiger partial charge is 0.311 e. The zero-order chi connectivity index (χ0) is 14.0. The van der Waals surface area contributed by atoms with Crippen molar-refractivity contribution in [2.45, 2.75) is 33.1 Å². The Bertz CT molecular complexity index is 564. The largest absolute Gasteiger partial charge is 0.481 e. The summed E-state index contributed by atoms with van der Waals surface area (Å²) >= 11 is 0. The van der Waals surface area contributed by atoms with Crippen molar-refractivity contribution in [3.63, 3.8) is 0 Å². The minimum Gasteiger partial charge on any atom is -0.481 e. The van der Waals surface area contributed by atoms with Crippen molar-refractivity contribution in [1.29, 1.82) is 0 Å². The third-order valence-corrected chi connectivity index (χ3v) is 3.37. The molecule has 1 atom stereocenters. The lowest BCUT2D eigenvalue weighted by Crippen LogP contribution is -2.15. The first kappa shape index (κ1) is 13.3. The number of benzene rings is 1. The van der Waals surface area contributed by atoms with Gasteiger partial charge in [0.1, 0.15) is 5.76 Å². The summed E-state index contributed by atoms with van der Waals surface area (Å²) in [6, 6.07) is 7.59. The minimum absolute atomic E-state index is 0.402. The predicted molar refractivity (Wildman–Crippen MR) is 71.2 cm³/mol. The van der Waals surface area contributed by atoms with Crippen molar-refractivity contribution in [2.75, 3.05) is 0 Å². The van der Waals surface area contributed by atoms with E-state index in [1.54, 1.807) is 0 Å². The van der Waals surface area contributed by atoms with Gasteiger partial charge in [-0.05, 0) is 32.8 Å². The number of aromatic nitrogens is 1. The van der Waals surface area contributed by atoms with Gasteiger partial charge < -0.3 is 9.63 Å². The fourth-order valence-electron chi connectivity index (χ4n) is 2.14. The van der Waals surface area contributed by atoms with Crippen LogP contribution in [0.2, 0.25) is 0 Å². The Labute approximate surface area is 112 Å². The van der Waals surface area contributed by atoms with E-state index < -0.39 is 11.9 Å². The van der Waals surface area contributed by atoms with Gasteiger partial charge in [0, 0.05) is 5.56 Å². The van der Waals surface area contributed by atoms with Gasteiger partial charge in [-0.25, -0.2) is 0 Å². The van der Waals surface area contributed by atoms with Gasteiger partial charge in [0.05, 0.1) is 11.6 Å². The summed E-state index contributed by atoms with van der Waals surface area (Å²) in [7, 11) is 0. The molecule has 0 saturated heterocycles. The van der Waals surface area contributed by atoms with E-state index in [-0.39, 0.29) is 0 Å². The van der Waals surface area contributed by atoms with Crippen LogP contribution in [0.3, 0.4) is 0 Å². The van der Waals surface area contributed by atoms with E-state index >= 15 is 0 Å². The summed E-state index contributed by atoms with van der Waals surface area (Å²) in [5, 5.41) is 13.3. The van der Waals surface area contributed by atoms with Gasteiger partial charge in [-0.15, -0.1) is 0 Å². The van der Waals surface area contributed by atoms with Crippen LogP contribution in [0, 0.1) is 20.8 Å². The molecule has 1 aromatic carbocycles. The highest BCUT2D eigenvalue weighted by molar-refractivity contribution is 5.76. The first-order chi connectivity index (χ1) is 8.99. The maximum atomic E-state index is 11.5. The van der Waals surface area contributed by atoms with Crippen LogP contribution in [-0.2, 0) is 11.2 Å². The highest BCUT2D eigenvalue weighted by Gasteiger charge is 2.23. The second-order valence-corrected chi connectivity index (χ2v) is 4.81. The lowest BCUT2D eigenvalue weighted by atomic mass is 9.91. The average molecular weight is 259 g/mol. The molecule has 0 aliphatic rings. The molecule has 1 heterocycles. The molecule has 0 bridgehead atoms. The van der Waals surface area contributed by atoms with Crippen molar-refractivity contribution >= 4 is 5.97 Å². The van der Waals surface area contributed by atoms with Crippen LogP contribution in [0.15, 0.2) is 28.8 Å². The van der Waals surface area contributed by atoms with Gasteiger partial charge in [0.15, 0.2) is 0 Å². The van der Waals surface area contributed by atoms with Gasteiger partial charge in [0.2, 0.25) is 0 Å². The van der Waals surface area contributed by atoms with Crippen LogP contribution < -0.4 is 0 Å². The van der Waals surface area contributed by atoms with Crippen molar-refractivity contribution in [3.8, 4) is 0 Å². The first-order valence-electron chi connectivity index (χ1n) is 6.20. The molecule has 4 nitrogen and oxygen atoms in total. The summed E-state index contributed by atoms with van der Waals surface area (Å²) in [5.74, 6) is -0.711. The SMILES string of the molecule is Cc1ccc(C(Cc2c(C)noc2C)C(=O)O)cc1. The maximum Gasteiger partial charge on any atom is 0.311 e. The number of aliphatic carboxylic acids is 1. The average Bonchev–Trinajstić information content (AvgIpc) is 2.68. The standard InChI is InChI=1S/C15H17NO3/c1-9-4-6-12(7-5-9)14(15(17)18)8-13-10(2)16-19-11(13)3/h4-7,14H,8H2,1-3H3,(H,17,18). The molecule has 4 heteroatoms. The lowest BCUT2D eigenvalue weighted by molar-refractivity contribution is -0.138. The van der Waals surface area contributed by atoms with E-state index in [0.29, 0.717) is 12.2 Å². The molecule has 0 fully saturated rings. The van der Waals surface area contributed by atoms with E-state index in [4.69, 9.17) is 4.52 Å². The van der Waals surface area contributed by atoms with Crippen LogP contribution in [0.1, 0.15) is 34.1 Å². The van der Waals surface area contributed by atoms with E-state index in [1.165, 1.54) is 0 Å². The third kappa shape index (κ3) is 2.84. The van der Waals surface area contributed by atoms with Gasteiger partial charge in [-0.2, -0.15) is 0 Å². The molecule has 2 rings (SSSR count). The zero-order valence-electron chi connectivity index (χ0n) is 11.3. The fraction of sp³-hybridized carbons (Fsp3) is 0.333. The van der Waals surface area contributed by atoms with Crippen molar-refractivity contribution in [1.82, 2.24) is 5.16 Å². The highest BCUT2D eigenvalue weighted by atomic mass is 16.5.